The van der Waals surface area contributed by atoms with Crippen molar-refractivity contribution in [3.8, 4) is 0 Å². The Morgan fingerprint density at radius 3 is 2.79 bits per heavy atom. The number of hydrazone groups is 1. The molecule has 7 nitrogen and oxygen atoms in total. The molecule has 1 saturated heterocycles. The first-order valence-corrected chi connectivity index (χ1v) is 9.56. The minimum absolute atomic E-state index is 0.213. The van der Waals surface area contributed by atoms with Crippen LogP contribution in [0.1, 0.15) is 5.76 Å². The molecule has 2 aromatic heterocycles. The van der Waals surface area contributed by atoms with Crippen LogP contribution < -0.4 is 10.3 Å². The average molecular weight is 399 g/mol. The maximum atomic E-state index is 14.0. The van der Waals surface area contributed by atoms with Gasteiger partial charge >= 0.3 is 0 Å². The molecule has 0 spiro atoms. The zero-order valence-electron chi connectivity index (χ0n) is 14.9. The van der Waals surface area contributed by atoms with Crippen LogP contribution in [0.5, 0.6) is 0 Å². The van der Waals surface area contributed by atoms with E-state index in [-0.39, 0.29) is 11.8 Å². The highest BCUT2D eigenvalue weighted by Gasteiger charge is 2.17. The summed E-state index contributed by atoms with van der Waals surface area (Å²) in [7, 11) is 0. The first-order valence-electron chi connectivity index (χ1n) is 8.75. The summed E-state index contributed by atoms with van der Waals surface area (Å²) in [6.07, 6.45) is 2.66. The number of nitrogens with zero attached hydrogens (tertiary/aromatic N) is 4. The fraction of sp³-hybridized carbons (Fsp3) is 0.211. The largest absolute Gasteiger partial charge is 0.448 e. The minimum atomic E-state index is -0.468. The van der Waals surface area contributed by atoms with Crippen LogP contribution >= 0.6 is 11.8 Å². The molecular formula is C19H18FN5O2S. The molecule has 1 N–H and O–H groups in total. The average Bonchev–Trinajstić information content (AvgIpc) is 3.18. The van der Waals surface area contributed by atoms with E-state index in [9.17, 15) is 4.39 Å². The van der Waals surface area contributed by atoms with Gasteiger partial charge in [0.15, 0.2) is 16.7 Å². The molecule has 0 unspecified atom stereocenters. The lowest BCUT2D eigenvalue weighted by Gasteiger charge is -2.27. The van der Waals surface area contributed by atoms with Crippen molar-refractivity contribution in [3.63, 3.8) is 0 Å². The standard InChI is InChI=1S/C19H18FN5O2S/c20-16-13-21-19(23-18(16)25-8-10-26-11-9-25)24-22-12-14-6-7-17(27-14)28-15-4-2-1-3-5-15/h1-7,12-13H,8-11H2,(H,21,23,24)/b22-12-. The normalized spacial score (nSPS) is 14.5. The van der Waals surface area contributed by atoms with E-state index in [1.165, 1.54) is 18.0 Å². The van der Waals surface area contributed by atoms with Crippen LogP contribution in [0.3, 0.4) is 0 Å². The molecule has 9 heteroatoms. The molecule has 144 valence electrons. The summed E-state index contributed by atoms with van der Waals surface area (Å²) < 4.78 is 25.0. The van der Waals surface area contributed by atoms with Gasteiger partial charge in [-0.05, 0) is 24.3 Å². The highest BCUT2D eigenvalue weighted by molar-refractivity contribution is 7.99. The third kappa shape index (κ3) is 4.68. The molecule has 1 fully saturated rings. The second kappa shape index (κ2) is 8.85. The van der Waals surface area contributed by atoms with E-state index in [4.69, 9.17) is 9.15 Å². The zero-order valence-corrected chi connectivity index (χ0v) is 15.7. The van der Waals surface area contributed by atoms with Gasteiger partial charge in [-0.1, -0.05) is 30.0 Å². The van der Waals surface area contributed by atoms with Gasteiger partial charge in [0.25, 0.3) is 0 Å². The van der Waals surface area contributed by atoms with Crippen molar-refractivity contribution in [2.75, 3.05) is 36.6 Å². The lowest BCUT2D eigenvalue weighted by atomic mass is 10.4. The molecule has 3 heterocycles. The van der Waals surface area contributed by atoms with Crippen LogP contribution in [-0.4, -0.2) is 42.5 Å². The van der Waals surface area contributed by atoms with Crippen LogP contribution in [0.25, 0.3) is 0 Å². The Labute approximate surface area is 165 Å². The molecule has 3 aromatic rings. The lowest BCUT2D eigenvalue weighted by Crippen LogP contribution is -2.37. The number of nitrogens with one attached hydrogen (secondary N) is 1. The Morgan fingerprint density at radius 2 is 1.96 bits per heavy atom. The van der Waals surface area contributed by atoms with Crippen molar-refractivity contribution < 1.29 is 13.5 Å². The molecule has 0 bridgehead atoms. The number of benzene rings is 1. The van der Waals surface area contributed by atoms with Crippen molar-refractivity contribution in [2.45, 2.75) is 9.99 Å². The number of halogens is 1. The first kappa shape index (κ1) is 18.5. The number of anilines is 2. The predicted octanol–water partition coefficient (Wildman–Crippen LogP) is 3.64. The van der Waals surface area contributed by atoms with Gasteiger partial charge in [-0.3, -0.25) is 0 Å². The summed E-state index contributed by atoms with van der Waals surface area (Å²) in [6, 6.07) is 13.7. The van der Waals surface area contributed by atoms with E-state index in [0.717, 1.165) is 16.2 Å². The number of furan rings is 1. The van der Waals surface area contributed by atoms with Crippen molar-refractivity contribution in [2.24, 2.45) is 5.10 Å². The zero-order chi connectivity index (χ0) is 19.2. The van der Waals surface area contributed by atoms with E-state index in [0.29, 0.717) is 32.1 Å². The molecule has 0 atom stereocenters. The van der Waals surface area contributed by atoms with E-state index < -0.39 is 5.82 Å². The fourth-order valence-corrected chi connectivity index (χ4v) is 3.43. The first-order chi connectivity index (χ1) is 13.8. The van der Waals surface area contributed by atoms with Gasteiger partial charge in [0, 0.05) is 18.0 Å². The van der Waals surface area contributed by atoms with E-state index in [1.54, 1.807) is 0 Å². The van der Waals surface area contributed by atoms with Gasteiger partial charge in [-0.15, -0.1) is 0 Å². The Kier molecular flexibility index (Phi) is 5.83. The van der Waals surface area contributed by atoms with Crippen molar-refractivity contribution in [1.29, 1.82) is 0 Å². The van der Waals surface area contributed by atoms with Crippen LogP contribution in [-0.2, 0) is 4.74 Å². The SMILES string of the molecule is Fc1cnc(N/N=C\c2ccc(Sc3ccccc3)o2)nc1N1CCOCC1. The number of hydrogen-bond acceptors (Lipinski definition) is 8. The van der Waals surface area contributed by atoms with Gasteiger partial charge in [-0.25, -0.2) is 14.8 Å². The van der Waals surface area contributed by atoms with E-state index >= 15 is 0 Å². The molecule has 1 aromatic carbocycles. The van der Waals surface area contributed by atoms with E-state index in [2.05, 4.69) is 20.5 Å². The molecule has 0 radical (unpaired) electrons. The highest BCUT2D eigenvalue weighted by atomic mass is 32.2. The Morgan fingerprint density at radius 1 is 1.14 bits per heavy atom. The monoisotopic (exact) mass is 399 g/mol. The number of rotatable bonds is 6. The van der Waals surface area contributed by atoms with E-state index in [1.807, 2.05) is 47.4 Å². The highest BCUT2D eigenvalue weighted by Crippen LogP contribution is 2.28. The van der Waals surface area contributed by atoms with Gasteiger partial charge < -0.3 is 14.1 Å². The fourth-order valence-electron chi connectivity index (χ4n) is 2.63. The third-order valence-corrected chi connectivity index (χ3v) is 4.88. The molecule has 1 aliphatic rings. The molecule has 28 heavy (non-hydrogen) atoms. The summed E-state index contributed by atoms with van der Waals surface area (Å²) >= 11 is 1.53. The minimum Gasteiger partial charge on any atom is -0.448 e. The van der Waals surface area contributed by atoms with Crippen LogP contribution in [0.15, 0.2) is 68.2 Å². The smallest absolute Gasteiger partial charge is 0.245 e. The quantitative estimate of drug-likeness (QED) is 0.501. The molecule has 0 amide bonds. The summed E-state index contributed by atoms with van der Waals surface area (Å²) in [6.45, 7) is 2.27. The lowest BCUT2D eigenvalue weighted by molar-refractivity contribution is 0.122. The maximum Gasteiger partial charge on any atom is 0.245 e. The van der Waals surface area contributed by atoms with Gasteiger partial charge in [0.1, 0.15) is 5.76 Å². The van der Waals surface area contributed by atoms with Crippen molar-refractivity contribution in [1.82, 2.24) is 9.97 Å². The summed E-state index contributed by atoms with van der Waals surface area (Å²) in [5.41, 5.74) is 2.71. The number of morpholine rings is 1. The molecule has 0 saturated carbocycles. The molecular weight excluding hydrogens is 381 g/mol. The molecule has 4 rings (SSSR count). The van der Waals surface area contributed by atoms with Gasteiger partial charge in [-0.2, -0.15) is 10.1 Å². The second-order valence-corrected chi connectivity index (χ2v) is 6.98. The van der Waals surface area contributed by atoms with Crippen LogP contribution in [0, 0.1) is 5.82 Å². The van der Waals surface area contributed by atoms with Crippen LogP contribution in [0.2, 0.25) is 0 Å². The topological polar surface area (TPSA) is 75.8 Å². The van der Waals surface area contributed by atoms with Crippen molar-refractivity contribution >= 4 is 29.7 Å². The summed E-state index contributed by atoms with van der Waals surface area (Å²) in [5, 5.41) is 4.84. The summed E-state index contributed by atoms with van der Waals surface area (Å²) in [4.78, 5) is 11.1. The van der Waals surface area contributed by atoms with Gasteiger partial charge in [0.05, 0.1) is 25.6 Å². The Balaban J connectivity index is 1.38. The summed E-state index contributed by atoms with van der Waals surface area (Å²) in [5.74, 6) is 0.576. The van der Waals surface area contributed by atoms with Gasteiger partial charge in [0.2, 0.25) is 5.95 Å². The molecule has 1 aliphatic heterocycles. The molecule has 0 aliphatic carbocycles. The van der Waals surface area contributed by atoms with Crippen LogP contribution in [0.4, 0.5) is 16.2 Å². The number of hydrogen-bond donors (Lipinski definition) is 1. The third-order valence-electron chi connectivity index (χ3n) is 3.96. The predicted molar refractivity (Wildman–Crippen MR) is 106 cm³/mol. The number of aromatic nitrogens is 2. The second-order valence-electron chi connectivity index (χ2n) is 5.91. The Bertz CT molecular complexity index is 945. The number of ether oxygens (including phenoxy) is 1. The Hall–Kier alpha value is -2.91. The van der Waals surface area contributed by atoms with Crippen molar-refractivity contribution in [3.05, 3.63) is 60.2 Å². The maximum absolute atomic E-state index is 14.0.